The van der Waals surface area contributed by atoms with Crippen molar-refractivity contribution < 1.29 is 4.74 Å². The van der Waals surface area contributed by atoms with Gasteiger partial charge in [0.15, 0.2) is 5.65 Å². The lowest BCUT2D eigenvalue weighted by atomic mass is 10.2. The molecule has 1 N–H and O–H groups in total. The summed E-state index contributed by atoms with van der Waals surface area (Å²) in [5, 5.41) is 3.25. The Bertz CT molecular complexity index is 1050. The molecular weight excluding hydrogens is 368 g/mol. The van der Waals surface area contributed by atoms with Gasteiger partial charge in [-0.25, -0.2) is 9.97 Å². The maximum atomic E-state index is 12.5. The summed E-state index contributed by atoms with van der Waals surface area (Å²) < 4.78 is 7.21. The van der Waals surface area contributed by atoms with E-state index >= 15 is 0 Å². The molecule has 8 heteroatoms. The molecule has 29 heavy (non-hydrogen) atoms. The fourth-order valence-corrected chi connectivity index (χ4v) is 4.21. The first kappa shape index (κ1) is 18.1. The zero-order chi connectivity index (χ0) is 19.6. The fraction of sp³-hybridized carbons (Fsp3) is 0.429. The molecule has 3 aromatic rings. The second-order valence-corrected chi connectivity index (χ2v) is 7.58. The molecule has 0 amide bonds. The van der Waals surface area contributed by atoms with Gasteiger partial charge in [0.25, 0.3) is 5.56 Å². The van der Waals surface area contributed by atoms with Crippen LogP contribution < -0.4 is 15.8 Å². The molecule has 2 fully saturated rings. The van der Waals surface area contributed by atoms with Gasteiger partial charge in [0.2, 0.25) is 5.95 Å². The third-order valence-electron chi connectivity index (χ3n) is 5.72. The highest BCUT2D eigenvalue weighted by Gasteiger charge is 2.21. The van der Waals surface area contributed by atoms with E-state index in [1.54, 1.807) is 10.8 Å². The number of morpholine rings is 1. The lowest BCUT2D eigenvalue weighted by molar-refractivity contribution is 0.122. The second kappa shape index (κ2) is 7.79. The van der Waals surface area contributed by atoms with E-state index in [9.17, 15) is 4.79 Å². The van der Waals surface area contributed by atoms with Crippen LogP contribution >= 0.6 is 0 Å². The number of ether oxygens (including phenoxy) is 1. The number of hydrogen-bond acceptors (Lipinski definition) is 7. The van der Waals surface area contributed by atoms with E-state index in [0.717, 1.165) is 57.7 Å². The summed E-state index contributed by atoms with van der Waals surface area (Å²) >= 11 is 0. The summed E-state index contributed by atoms with van der Waals surface area (Å²) in [6.45, 7) is 3.35. The molecule has 1 aliphatic carbocycles. The van der Waals surface area contributed by atoms with Gasteiger partial charge in [-0.15, -0.1) is 0 Å². The highest BCUT2D eigenvalue weighted by Crippen LogP contribution is 2.30. The molecule has 5 rings (SSSR count). The van der Waals surface area contributed by atoms with Crippen LogP contribution in [-0.4, -0.2) is 45.8 Å². The number of anilines is 3. The fourth-order valence-electron chi connectivity index (χ4n) is 4.21. The molecule has 8 nitrogen and oxygen atoms in total. The summed E-state index contributed by atoms with van der Waals surface area (Å²) in [5.41, 5.74) is 3.23. The van der Waals surface area contributed by atoms with E-state index in [4.69, 9.17) is 4.74 Å². The van der Waals surface area contributed by atoms with Gasteiger partial charge in [-0.05, 0) is 37.1 Å². The number of nitrogens with one attached hydrogen (secondary N) is 1. The van der Waals surface area contributed by atoms with Crippen LogP contribution in [0, 0.1) is 0 Å². The van der Waals surface area contributed by atoms with E-state index in [2.05, 4.69) is 37.3 Å². The largest absolute Gasteiger partial charge is 0.378 e. The van der Waals surface area contributed by atoms with Crippen molar-refractivity contribution in [3.63, 3.8) is 0 Å². The minimum absolute atomic E-state index is 0.0936. The number of benzene rings is 1. The summed E-state index contributed by atoms with van der Waals surface area (Å²) in [4.78, 5) is 28.0. The molecule has 0 unspecified atom stereocenters. The average Bonchev–Trinajstić information content (AvgIpc) is 3.29. The molecule has 3 heterocycles. The highest BCUT2D eigenvalue weighted by atomic mass is 16.5. The van der Waals surface area contributed by atoms with Gasteiger partial charge in [0.05, 0.1) is 25.6 Å². The summed E-state index contributed by atoms with van der Waals surface area (Å²) in [6, 6.07) is 8.41. The highest BCUT2D eigenvalue weighted by molar-refractivity contribution is 5.71. The van der Waals surface area contributed by atoms with Crippen LogP contribution in [0.1, 0.15) is 31.7 Å². The van der Waals surface area contributed by atoms with Gasteiger partial charge in [0, 0.05) is 30.5 Å². The number of aromatic nitrogens is 4. The molecule has 0 radical (unpaired) electrons. The zero-order valence-corrected chi connectivity index (χ0v) is 16.3. The summed E-state index contributed by atoms with van der Waals surface area (Å²) in [5.74, 6) is 0.468. The van der Waals surface area contributed by atoms with Crippen LogP contribution in [0.2, 0.25) is 0 Å². The van der Waals surface area contributed by atoms with Crippen LogP contribution in [0.15, 0.2) is 41.5 Å². The van der Waals surface area contributed by atoms with Gasteiger partial charge >= 0.3 is 0 Å². The minimum atomic E-state index is -0.0936. The average molecular weight is 392 g/mol. The van der Waals surface area contributed by atoms with Crippen LogP contribution in [0.5, 0.6) is 0 Å². The predicted octanol–water partition coefficient (Wildman–Crippen LogP) is 2.88. The molecule has 1 saturated carbocycles. The molecule has 0 atom stereocenters. The SMILES string of the molecule is O=c1cnc2cnc(Nc3ccc(N4CCOCC4)cc3)nc2n1C1CCCC1. The smallest absolute Gasteiger partial charge is 0.270 e. The molecular formula is C21H24N6O2. The normalized spacial score (nSPS) is 17.7. The van der Waals surface area contributed by atoms with Crippen LogP contribution in [0.3, 0.4) is 0 Å². The number of rotatable bonds is 4. The van der Waals surface area contributed by atoms with Crippen molar-refractivity contribution in [2.45, 2.75) is 31.7 Å². The van der Waals surface area contributed by atoms with Crippen molar-refractivity contribution in [3.8, 4) is 0 Å². The van der Waals surface area contributed by atoms with Gasteiger partial charge in [-0.3, -0.25) is 9.36 Å². The van der Waals surface area contributed by atoms with Crippen LogP contribution in [0.4, 0.5) is 17.3 Å². The zero-order valence-electron chi connectivity index (χ0n) is 16.3. The molecule has 2 aromatic heterocycles. The third-order valence-corrected chi connectivity index (χ3v) is 5.72. The molecule has 0 spiro atoms. The Labute approximate surface area is 168 Å². The van der Waals surface area contributed by atoms with Crippen molar-refractivity contribution in [1.29, 1.82) is 0 Å². The van der Waals surface area contributed by atoms with Crippen molar-refractivity contribution in [2.75, 3.05) is 36.5 Å². The molecule has 1 saturated heterocycles. The van der Waals surface area contributed by atoms with Crippen molar-refractivity contribution in [2.24, 2.45) is 0 Å². The topological polar surface area (TPSA) is 85.2 Å². The van der Waals surface area contributed by atoms with Crippen LogP contribution in [-0.2, 0) is 4.74 Å². The monoisotopic (exact) mass is 392 g/mol. The quantitative estimate of drug-likeness (QED) is 0.731. The Morgan fingerprint density at radius 3 is 2.52 bits per heavy atom. The summed E-state index contributed by atoms with van der Waals surface area (Å²) in [6.07, 6.45) is 7.36. The van der Waals surface area contributed by atoms with Gasteiger partial charge in [-0.1, -0.05) is 12.8 Å². The second-order valence-electron chi connectivity index (χ2n) is 7.58. The third kappa shape index (κ3) is 3.67. The van der Waals surface area contributed by atoms with Gasteiger partial charge in [-0.2, -0.15) is 4.98 Å². The molecule has 0 bridgehead atoms. The van der Waals surface area contributed by atoms with Gasteiger partial charge in [0.1, 0.15) is 5.52 Å². The molecule has 150 valence electrons. The Morgan fingerprint density at radius 1 is 1.00 bits per heavy atom. The van der Waals surface area contributed by atoms with E-state index in [1.807, 2.05) is 12.1 Å². The Balaban J connectivity index is 1.41. The van der Waals surface area contributed by atoms with Crippen molar-refractivity contribution >= 4 is 28.5 Å². The standard InChI is InChI=1S/C21H24N6O2/c28-19-14-22-18-13-23-21(25-20(18)27(19)17-3-1-2-4-17)24-15-5-7-16(8-6-15)26-9-11-29-12-10-26/h5-8,13-14,17H,1-4,9-12H2,(H,23,24,25). The van der Waals surface area contributed by atoms with Gasteiger partial charge < -0.3 is 15.0 Å². The Kier molecular flexibility index (Phi) is 4.85. The van der Waals surface area contributed by atoms with Crippen LogP contribution in [0.25, 0.3) is 11.2 Å². The van der Waals surface area contributed by atoms with Crippen molar-refractivity contribution in [1.82, 2.24) is 19.5 Å². The molecule has 1 aromatic carbocycles. The van der Waals surface area contributed by atoms with E-state index in [0.29, 0.717) is 17.1 Å². The first-order valence-corrected chi connectivity index (χ1v) is 10.2. The lowest BCUT2D eigenvalue weighted by Crippen LogP contribution is -2.36. The number of hydrogen-bond donors (Lipinski definition) is 1. The predicted molar refractivity (Wildman–Crippen MR) is 112 cm³/mol. The van der Waals surface area contributed by atoms with E-state index in [1.165, 1.54) is 11.9 Å². The molecule has 2 aliphatic rings. The van der Waals surface area contributed by atoms with E-state index in [-0.39, 0.29) is 11.6 Å². The maximum Gasteiger partial charge on any atom is 0.270 e. The summed E-state index contributed by atoms with van der Waals surface area (Å²) in [7, 11) is 0. The molecule has 1 aliphatic heterocycles. The van der Waals surface area contributed by atoms with Crippen molar-refractivity contribution in [3.05, 3.63) is 47.0 Å². The minimum Gasteiger partial charge on any atom is -0.378 e. The number of nitrogens with zero attached hydrogens (tertiary/aromatic N) is 5. The first-order chi connectivity index (χ1) is 14.3. The van der Waals surface area contributed by atoms with E-state index < -0.39 is 0 Å². The first-order valence-electron chi connectivity index (χ1n) is 10.2. The number of fused-ring (bicyclic) bond motifs is 1. The lowest BCUT2D eigenvalue weighted by Gasteiger charge is -2.28. The maximum absolute atomic E-state index is 12.5. The Hall–Kier alpha value is -3.00. The Morgan fingerprint density at radius 2 is 1.76 bits per heavy atom.